The Morgan fingerprint density at radius 1 is 1.19 bits per heavy atom. The molecule has 0 amide bonds. The number of aromatic carboxylic acids is 1. The molecule has 0 radical (unpaired) electrons. The van der Waals surface area contributed by atoms with Gasteiger partial charge in [0.15, 0.2) is 0 Å². The molecule has 0 aliphatic carbocycles. The van der Waals surface area contributed by atoms with E-state index in [9.17, 15) is 9.90 Å². The fourth-order valence-electron chi connectivity index (χ4n) is 3.71. The van der Waals surface area contributed by atoms with Gasteiger partial charge in [-0.05, 0) is 43.7 Å². The molecule has 0 saturated carbocycles. The minimum absolute atomic E-state index is 0.246. The second-order valence-electron chi connectivity index (χ2n) is 6.73. The van der Waals surface area contributed by atoms with Gasteiger partial charge in [-0.2, -0.15) is 0 Å². The van der Waals surface area contributed by atoms with Crippen LogP contribution in [-0.4, -0.2) is 32.5 Å². The maximum absolute atomic E-state index is 11.5. The number of piperidine rings is 1. The third kappa shape index (κ3) is 3.75. The molecule has 3 heterocycles. The molecule has 1 atom stereocenters. The van der Waals surface area contributed by atoms with Crippen molar-refractivity contribution in [3.8, 4) is 11.3 Å². The van der Waals surface area contributed by atoms with E-state index >= 15 is 0 Å². The van der Waals surface area contributed by atoms with Crippen molar-refractivity contribution < 1.29 is 14.3 Å². The van der Waals surface area contributed by atoms with Crippen molar-refractivity contribution in [1.29, 1.82) is 0 Å². The van der Waals surface area contributed by atoms with Crippen molar-refractivity contribution >= 4 is 5.97 Å². The first-order valence-electron chi connectivity index (χ1n) is 9.14. The van der Waals surface area contributed by atoms with Crippen LogP contribution in [0.3, 0.4) is 0 Å². The minimum Gasteiger partial charge on any atom is -0.478 e. The summed E-state index contributed by atoms with van der Waals surface area (Å²) in [6.07, 6.45) is 6.77. The summed E-state index contributed by atoms with van der Waals surface area (Å²) in [6, 6.07) is 12.9. The van der Waals surface area contributed by atoms with Crippen LogP contribution in [0.4, 0.5) is 0 Å². The van der Waals surface area contributed by atoms with Crippen LogP contribution in [0.2, 0.25) is 0 Å². The lowest BCUT2D eigenvalue weighted by molar-refractivity contribution is 0.0697. The molecule has 1 aliphatic rings. The van der Waals surface area contributed by atoms with Gasteiger partial charge in [-0.15, -0.1) is 0 Å². The van der Waals surface area contributed by atoms with Crippen LogP contribution in [0.5, 0.6) is 0 Å². The Morgan fingerprint density at radius 2 is 2.07 bits per heavy atom. The van der Waals surface area contributed by atoms with Gasteiger partial charge in [0, 0.05) is 11.8 Å². The third-order valence-electron chi connectivity index (χ3n) is 5.00. The second kappa shape index (κ2) is 7.72. The smallest absolute Gasteiger partial charge is 0.336 e. The predicted molar refractivity (Wildman–Crippen MR) is 100 cm³/mol. The van der Waals surface area contributed by atoms with Gasteiger partial charge in [0.1, 0.15) is 17.8 Å². The number of furan rings is 1. The molecule has 6 nitrogen and oxygen atoms in total. The van der Waals surface area contributed by atoms with Crippen molar-refractivity contribution in [3.63, 3.8) is 0 Å². The van der Waals surface area contributed by atoms with E-state index in [2.05, 4.69) is 14.9 Å². The monoisotopic (exact) mass is 363 g/mol. The molecule has 27 heavy (non-hydrogen) atoms. The normalized spacial score (nSPS) is 17.7. The van der Waals surface area contributed by atoms with E-state index in [1.54, 1.807) is 30.7 Å². The topological polar surface area (TPSA) is 79.5 Å². The standard InChI is InChI=1S/C21H21N3O3/c25-21(26)17-6-2-1-5-16(17)20-9-8-15(27-20)13-24-12-4-3-7-19(24)18-10-11-22-14-23-18/h1-2,5-6,8-11,14,19H,3-4,7,12-13H2,(H,25,26)/t19-/m0/s1. The number of carboxylic acids is 1. The van der Waals surface area contributed by atoms with Crippen molar-refractivity contribution in [2.45, 2.75) is 31.8 Å². The fourth-order valence-corrected chi connectivity index (χ4v) is 3.71. The molecule has 1 N–H and O–H groups in total. The number of hydrogen-bond acceptors (Lipinski definition) is 5. The SMILES string of the molecule is O=C(O)c1ccccc1-c1ccc(CN2CCCC[C@H]2c2ccncn2)o1. The van der Waals surface area contributed by atoms with Gasteiger partial charge in [0.2, 0.25) is 0 Å². The fraction of sp³-hybridized carbons (Fsp3) is 0.286. The number of aromatic nitrogens is 2. The summed E-state index contributed by atoms with van der Waals surface area (Å²) in [5, 5.41) is 9.39. The van der Waals surface area contributed by atoms with Crippen LogP contribution in [0.1, 0.15) is 47.1 Å². The Kier molecular flexibility index (Phi) is 4.98. The zero-order chi connectivity index (χ0) is 18.6. The summed E-state index contributed by atoms with van der Waals surface area (Å²) in [6.45, 7) is 1.65. The van der Waals surface area contributed by atoms with E-state index in [1.165, 1.54) is 6.42 Å². The minimum atomic E-state index is -0.955. The molecule has 1 aliphatic heterocycles. The summed E-state index contributed by atoms with van der Waals surface area (Å²) in [7, 11) is 0. The molecule has 138 valence electrons. The highest BCUT2D eigenvalue weighted by molar-refractivity contribution is 5.95. The Morgan fingerprint density at radius 3 is 2.89 bits per heavy atom. The first-order valence-corrected chi connectivity index (χ1v) is 9.14. The molecule has 6 heteroatoms. The molecule has 1 saturated heterocycles. The van der Waals surface area contributed by atoms with Gasteiger partial charge >= 0.3 is 5.97 Å². The average molecular weight is 363 g/mol. The van der Waals surface area contributed by atoms with Gasteiger partial charge in [0.25, 0.3) is 0 Å². The number of hydrogen-bond donors (Lipinski definition) is 1. The maximum atomic E-state index is 11.5. The first kappa shape index (κ1) is 17.4. The number of likely N-dealkylation sites (tertiary alicyclic amines) is 1. The number of carboxylic acid groups (broad SMARTS) is 1. The highest BCUT2D eigenvalue weighted by Crippen LogP contribution is 2.32. The maximum Gasteiger partial charge on any atom is 0.336 e. The summed E-state index contributed by atoms with van der Waals surface area (Å²) in [5.74, 6) is 0.452. The molecular formula is C21H21N3O3. The van der Waals surface area contributed by atoms with E-state index in [-0.39, 0.29) is 11.6 Å². The van der Waals surface area contributed by atoms with Crippen LogP contribution in [-0.2, 0) is 6.54 Å². The summed E-state index contributed by atoms with van der Waals surface area (Å²) in [4.78, 5) is 22.3. The molecule has 1 aromatic carbocycles. The zero-order valence-electron chi connectivity index (χ0n) is 14.9. The van der Waals surface area contributed by atoms with Crippen molar-refractivity contribution in [3.05, 3.63) is 72.0 Å². The largest absolute Gasteiger partial charge is 0.478 e. The van der Waals surface area contributed by atoms with Crippen molar-refractivity contribution in [2.75, 3.05) is 6.54 Å². The Hall–Kier alpha value is -2.99. The predicted octanol–water partition coefficient (Wildman–Crippen LogP) is 4.16. The molecule has 0 bridgehead atoms. The van der Waals surface area contributed by atoms with E-state index in [1.807, 2.05) is 24.3 Å². The van der Waals surface area contributed by atoms with Gasteiger partial charge in [-0.1, -0.05) is 24.6 Å². The van der Waals surface area contributed by atoms with Gasteiger partial charge in [-0.3, -0.25) is 4.90 Å². The highest BCUT2D eigenvalue weighted by Gasteiger charge is 2.26. The summed E-state index contributed by atoms with van der Waals surface area (Å²) >= 11 is 0. The van der Waals surface area contributed by atoms with Crippen LogP contribution in [0.25, 0.3) is 11.3 Å². The second-order valence-corrected chi connectivity index (χ2v) is 6.73. The quantitative estimate of drug-likeness (QED) is 0.733. The summed E-state index contributed by atoms with van der Waals surface area (Å²) < 4.78 is 6.01. The molecule has 4 rings (SSSR count). The van der Waals surface area contributed by atoms with Crippen molar-refractivity contribution in [2.24, 2.45) is 0 Å². The lowest BCUT2D eigenvalue weighted by Gasteiger charge is -2.34. The highest BCUT2D eigenvalue weighted by atomic mass is 16.4. The van der Waals surface area contributed by atoms with Crippen LogP contribution in [0, 0.1) is 0 Å². The average Bonchev–Trinajstić information content (AvgIpc) is 3.17. The Bertz CT molecular complexity index is 923. The number of nitrogens with zero attached hydrogens (tertiary/aromatic N) is 3. The first-order chi connectivity index (χ1) is 13.2. The zero-order valence-corrected chi connectivity index (χ0v) is 14.9. The van der Waals surface area contributed by atoms with E-state index in [0.717, 1.165) is 30.8 Å². The lowest BCUT2D eigenvalue weighted by Crippen LogP contribution is -2.33. The number of rotatable bonds is 5. The van der Waals surface area contributed by atoms with Gasteiger partial charge in [0.05, 0.1) is 23.8 Å². The Labute approximate surface area is 157 Å². The van der Waals surface area contributed by atoms with Gasteiger partial charge in [-0.25, -0.2) is 14.8 Å². The van der Waals surface area contributed by atoms with E-state index < -0.39 is 5.97 Å². The summed E-state index contributed by atoms with van der Waals surface area (Å²) in [5.41, 5.74) is 1.88. The molecule has 3 aromatic rings. The molecule has 2 aromatic heterocycles. The van der Waals surface area contributed by atoms with Crippen LogP contribution < -0.4 is 0 Å². The molecule has 0 unspecified atom stereocenters. The van der Waals surface area contributed by atoms with E-state index in [4.69, 9.17) is 4.42 Å². The third-order valence-corrected chi connectivity index (χ3v) is 5.00. The van der Waals surface area contributed by atoms with Gasteiger partial charge < -0.3 is 9.52 Å². The lowest BCUT2D eigenvalue weighted by atomic mass is 9.99. The number of benzene rings is 1. The van der Waals surface area contributed by atoms with Crippen LogP contribution in [0.15, 0.2) is 59.4 Å². The molecule has 1 fully saturated rings. The molecular weight excluding hydrogens is 342 g/mol. The Balaban J connectivity index is 1.56. The van der Waals surface area contributed by atoms with Crippen molar-refractivity contribution in [1.82, 2.24) is 14.9 Å². The molecule has 0 spiro atoms. The van der Waals surface area contributed by atoms with Crippen LogP contribution >= 0.6 is 0 Å². The van der Waals surface area contributed by atoms with E-state index in [0.29, 0.717) is 17.9 Å². The number of carbonyl (C=O) groups is 1.